The maximum atomic E-state index is 12.2. The lowest BCUT2D eigenvalue weighted by atomic mass is 10.1. The van der Waals surface area contributed by atoms with Crippen LogP contribution in [0.15, 0.2) is 30.3 Å². The Hall–Kier alpha value is -1.06. The first-order chi connectivity index (χ1) is 9.33. The number of benzene rings is 1. The molecule has 0 saturated heterocycles. The van der Waals surface area contributed by atoms with Crippen molar-refractivity contribution in [2.24, 2.45) is 0 Å². The molecule has 112 valence electrons. The molecule has 0 bridgehead atoms. The van der Waals surface area contributed by atoms with E-state index < -0.39 is 5.60 Å². The van der Waals surface area contributed by atoms with Crippen molar-refractivity contribution in [3.8, 4) is 0 Å². The Balaban J connectivity index is 2.72. The van der Waals surface area contributed by atoms with Crippen LogP contribution in [0.1, 0.15) is 33.3 Å². The predicted octanol–water partition coefficient (Wildman–Crippen LogP) is 3.46. The van der Waals surface area contributed by atoms with Crippen LogP contribution in [0, 0.1) is 0 Å². The number of esters is 1. The highest BCUT2D eigenvalue weighted by Gasteiger charge is 2.26. The van der Waals surface area contributed by atoms with Gasteiger partial charge in [-0.05, 0) is 33.3 Å². The SMILES string of the molecule is C[C@@H](C(=O)OC(C)(C)C)N(CCCl)Cc1ccccc1. The van der Waals surface area contributed by atoms with Crippen molar-refractivity contribution in [3.63, 3.8) is 0 Å². The lowest BCUT2D eigenvalue weighted by Crippen LogP contribution is -2.43. The quantitative estimate of drug-likeness (QED) is 0.595. The summed E-state index contributed by atoms with van der Waals surface area (Å²) in [4.78, 5) is 14.2. The Kier molecular flexibility index (Phi) is 6.50. The highest BCUT2D eigenvalue weighted by molar-refractivity contribution is 6.18. The molecule has 0 amide bonds. The van der Waals surface area contributed by atoms with Gasteiger partial charge in [-0.15, -0.1) is 11.6 Å². The largest absolute Gasteiger partial charge is 0.459 e. The fourth-order valence-electron chi connectivity index (χ4n) is 1.87. The van der Waals surface area contributed by atoms with Gasteiger partial charge < -0.3 is 4.74 Å². The fraction of sp³-hybridized carbons (Fsp3) is 0.562. The van der Waals surface area contributed by atoms with Crippen molar-refractivity contribution in [1.29, 1.82) is 0 Å². The zero-order valence-corrected chi connectivity index (χ0v) is 13.5. The minimum absolute atomic E-state index is 0.210. The first-order valence-electron chi connectivity index (χ1n) is 6.90. The van der Waals surface area contributed by atoms with Gasteiger partial charge in [0.25, 0.3) is 0 Å². The molecule has 1 aromatic rings. The average Bonchev–Trinajstić information content (AvgIpc) is 2.36. The lowest BCUT2D eigenvalue weighted by molar-refractivity contribution is -0.160. The topological polar surface area (TPSA) is 29.5 Å². The molecule has 0 fully saturated rings. The van der Waals surface area contributed by atoms with Crippen LogP contribution in [0.25, 0.3) is 0 Å². The summed E-state index contributed by atoms with van der Waals surface area (Å²) >= 11 is 5.85. The molecule has 0 saturated carbocycles. The molecule has 0 aromatic heterocycles. The zero-order chi connectivity index (χ0) is 15.2. The number of halogens is 1. The third kappa shape index (κ3) is 5.93. The number of hydrogen-bond acceptors (Lipinski definition) is 3. The summed E-state index contributed by atoms with van der Waals surface area (Å²) in [6.45, 7) is 8.83. The third-order valence-corrected chi connectivity index (χ3v) is 3.06. The number of hydrogen-bond donors (Lipinski definition) is 0. The second-order valence-corrected chi connectivity index (χ2v) is 6.23. The van der Waals surface area contributed by atoms with Crippen molar-refractivity contribution >= 4 is 17.6 Å². The van der Waals surface area contributed by atoms with Crippen LogP contribution in [-0.2, 0) is 16.1 Å². The van der Waals surface area contributed by atoms with Gasteiger partial charge in [-0.1, -0.05) is 30.3 Å². The van der Waals surface area contributed by atoms with E-state index in [0.29, 0.717) is 19.0 Å². The summed E-state index contributed by atoms with van der Waals surface area (Å²) in [6, 6.07) is 9.74. The molecule has 1 aromatic carbocycles. The monoisotopic (exact) mass is 297 g/mol. The summed E-state index contributed by atoms with van der Waals surface area (Å²) in [6.07, 6.45) is 0. The first-order valence-corrected chi connectivity index (χ1v) is 7.44. The number of nitrogens with zero attached hydrogens (tertiary/aromatic N) is 1. The van der Waals surface area contributed by atoms with Crippen LogP contribution in [0.3, 0.4) is 0 Å². The van der Waals surface area contributed by atoms with E-state index in [4.69, 9.17) is 16.3 Å². The molecule has 1 rings (SSSR count). The maximum absolute atomic E-state index is 12.2. The normalized spacial score (nSPS) is 13.3. The lowest BCUT2D eigenvalue weighted by Gasteiger charge is -2.30. The van der Waals surface area contributed by atoms with E-state index in [-0.39, 0.29) is 12.0 Å². The van der Waals surface area contributed by atoms with E-state index >= 15 is 0 Å². The number of carbonyl (C=O) groups is 1. The highest BCUT2D eigenvalue weighted by Crippen LogP contribution is 2.14. The minimum Gasteiger partial charge on any atom is -0.459 e. The second kappa shape index (κ2) is 7.65. The van der Waals surface area contributed by atoms with Crippen LogP contribution in [-0.4, -0.2) is 34.9 Å². The Morgan fingerprint density at radius 1 is 1.30 bits per heavy atom. The van der Waals surface area contributed by atoms with Gasteiger partial charge >= 0.3 is 5.97 Å². The molecule has 0 unspecified atom stereocenters. The Labute approximate surface area is 126 Å². The summed E-state index contributed by atoms with van der Waals surface area (Å²) in [5.74, 6) is 0.276. The smallest absolute Gasteiger partial charge is 0.323 e. The van der Waals surface area contributed by atoms with Gasteiger partial charge in [0.15, 0.2) is 0 Å². The molecule has 1 atom stereocenters. The van der Waals surface area contributed by atoms with Gasteiger partial charge in [-0.25, -0.2) is 0 Å². The van der Waals surface area contributed by atoms with Crippen molar-refractivity contribution in [2.45, 2.75) is 45.9 Å². The minimum atomic E-state index is -0.468. The molecule has 0 aliphatic heterocycles. The zero-order valence-electron chi connectivity index (χ0n) is 12.7. The van der Waals surface area contributed by atoms with Gasteiger partial charge in [-0.3, -0.25) is 9.69 Å². The molecule has 0 N–H and O–H groups in total. The van der Waals surface area contributed by atoms with E-state index in [2.05, 4.69) is 0 Å². The van der Waals surface area contributed by atoms with Gasteiger partial charge in [0, 0.05) is 19.0 Å². The number of ether oxygens (including phenoxy) is 1. The standard InChI is InChI=1S/C16H24ClNO2/c1-13(15(19)20-16(2,3)4)18(11-10-17)12-14-8-6-5-7-9-14/h5-9,13H,10-12H2,1-4H3/t13-/m0/s1. The van der Waals surface area contributed by atoms with Crippen LogP contribution in [0.5, 0.6) is 0 Å². The number of carbonyl (C=O) groups excluding carboxylic acids is 1. The molecule has 4 heteroatoms. The Bertz CT molecular complexity index is 414. The number of alkyl halides is 1. The average molecular weight is 298 g/mol. The molecular weight excluding hydrogens is 274 g/mol. The van der Waals surface area contributed by atoms with Crippen molar-refractivity contribution < 1.29 is 9.53 Å². The summed E-state index contributed by atoms with van der Waals surface area (Å²) in [7, 11) is 0. The predicted molar refractivity (Wildman–Crippen MR) is 82.9 cm³/mol. The maximum Gasteiger partial charge on any atom is 0.323 e. The first kappa shape index (κ1) is 17.0. The summed E-state index contributed by atoms with van der Waals surface area (Å²) in [5, 5.41) is 0. The van der Waals surface area contributed by atoms with E-state index in [1.54, 1.807) is 0 Å². The molecule has 0 aliphatic rings. The molecular formula is C16H24ClNO2. The molecule has 20 heavy (non-hydrogen) atoms. The molecule has 0 heterocycles. The van der Waals surface area contributed by atoms with Crippen molar-refractivity contribution in [3.05, 3.63) is 35.9 Å². The molecule has 0 aliphatic carbocycles. The molecule has 3 nitrogen and oxygen atoms in total. The summed E-state index contributed by atoms with van der Waals surface area (Å²) in [5.41, 5.74) is 0.693. The van der Waals surface area contributed by atoms with Gasteiger partial charge in [0.2, 0.25) is 0 Å². The summed E-state index contributed by atoms with van der Waals surface area (Å²) < 4.78 is 5.44. The van der Waals surface area contributed by atoms with Crippen molar-refractivity contribution in [1.82, 2.24) is 4.90 Å². The van der Waals surface area contributed by atoms with E-state index in [1.165, 1.54) is 0 Å². The number of rotatable bonds is 6. The van der Waals surface area contributed by atoms with E-state index in [0.717, 1.165) is 5.56 Å². The van der Waals surface area contributed by atoms with Crippen LogP contribution in [0.4, 0.5) is 0 Å². The van der Waals surface area contributed by atoms with Crippen LogP contribution < -0.4 is 0 Å². The van der Waals surface area contributed by atoms with Crippen molar-refractivity contribution in [2.75, 3.05) is 12.4 Å². The third-order valence-electron chi connectivity index (χ3n) is 2.90. The molecule has 0 radical (unpaired) electrons. The molecule has 0 spiro atoms. The van der Waals surface area contributed by atoms with Crippen LogP contribution in [0.2, 0.25) is 0 Å². The van der Waals surface area contributed by atoms with E-state index in [1.807, 2.05) is 62.9 Å². The fourth-order valence-corrected chi connectivity index (χ4v) is 2.09. The highest BCUT2D eigenvalue weighted by atomic mass is 35.5. The van der Waals surface area contributed by atoms with E-state index in [9.17, 15) is 4.79 Å². The van der Waals surface area contributed by atoms with Gasteiger partial charge in [0.05, 0.1) is 0 Å². The second-order valence-electron chi connectivity index (χ2n) is 5.85. The Morgan fingerprint density at radius 3 is 2.40 bits per heavy atom. The van der Waals surface area contributed by atoms with Crippen LogP contribution >= 0.6 is 11.6 Å². The Morgan fingerprint density at radius 2 is 1.90 bits per heavy atom. The van der Waals surface area contributed by atoms with Gasteiger partial charge in [-0.2, -0.15) is 0 Å². The van der Waals surface area contributed by atoms with Gasteiger partial charge in [0.1, 0.15) is 11.6 Å².